The van der Waals surface area contributed by atoms with Gasteiger partial charge in [0.2, 0.25) is 0 Å². The monoisotopic (exact) mass is 799 g/mol. The van der Waals surface area contributed by atoms with Gasteiger partial charge in [0.1, 0.15) is 23.0 Å². The number of phenolic OH excluding ortho intramolecular Hbond substituents is 4. The molecule has 0 atom stereocenters. The molecule has 275 valence electrons. The third kappa shape index (κ3) is 11.4. The number of phenols is 4. The van der Waals surface area contributed by atoms with Crippen LogP contribution in [-0.4, -0.2) is 53.9 Å². The van der Waals surface area contributed by atoms with Crippen LogP contribution in [0.25, 0.3) is 22.5 Å². The fraction of sp³-hybridized carbons (Fsp3) is 0.0556. The molecule has 6 aromatic rings. The zero-order chi connectivity index (χ0) is 37.0. The Morgan fingerprint density at radius 1 is 0.585 bits per heavy atom. The summed E-state index contributed by atoms with van der Waals surface area (Å²) in [5, 5.41) is 55.9. The fourth-order valence-electron chi connectivity index (χ4n) is 4.44. The Morgan fingerprint density at radius 3 is 1.32 bits per heavy atom. The number of anilines is 2. The molecule has 0 spiro atoms. The molecular weight excluding hydrogens is 768 g/mol. The Balaban J connectivity index is 0.000000232. The Morgan fingerprint density at radius 2 is 0.962 bits per heavy atom. The number of benzene rings is 4. The van der Waals surface area contributed by atoms with E-state index < -0.39 is 12.1 Å². The molecule has 0 saturated carbocycles. The van der Waals surface area contributed by atoms with Crippen molar-refractivity contribution in [3.05, 3.63) is 119 Å². The van der Waals surface area contributed by atoms with E-state index in [2.05, 4.69) is 41.7 Å². The van der Waals surface area contributed by atoms with Gasteiger partial charge < -0.3 is 20.4 Å². The van der Waals surface area contributed by atoms with E-state index in [1.807, 2.05) is 71.4 Å². The Labute approximate surface area is 322 Å². The minimum absolute atomic E-state index is 0. The number of rotatable bonds is 8. The van der Waals surface area contributed by atoms with Crippen LogP contribution >= 0.6 is 22.7 Å². The van der Waals surface area contributed by atoms with Gasteiger partial charge in [-0.15, -0.1) is 22.7 Å². The van der Waals surface area contributed by atoms with Crippen LogP contribution in [0.1, 0.15) is 25.0 Å². The first-order chi connectivity index (χ1) is 25.0. The maximum atomic E-state index is 12.0. The number of amides is 4. The van der Waals surface area contributed by atoms with Crippen molar-refractivity contribution >= 4 is 56.4 Å². The molecule has 0 unspecified atom stereocenters. The molecular formula is C36H32CuN8O6S2. The van der Waals surface area contributed by atoms with E-state index >= 15 is 0 Å². The van der Waals surface area contributed by atoms with E-state index in [4.69, 9.17) is 0 Å². The molecule has 1 radical (unpaired) electrons. The quantitative estimate of drug-likeness (QED) is 0.0437. The van der Waals surface area contributed by atoms with Crippen LogP contribution < -0.4 is 21.5 Å². The second-order valence-electron chi connectivity index (χ2n) is 10.7. The van der Waals surface area contributed by atoms with Crippen LogP contribution in [0.5, 0.6) is 23.0 Å². The first-order valence-electron chi connectivity index (χ1n) is 15.3. The van der Waals surface area contributed by atoms with Crippen molar-refractivity contribution in [1.82, 2.24) is 20.8 Å². The Kier molecular flexibility index (Phi) is 14.0. The topological polar surface area (TPSA) is 214 Å². The molecule has 0 aliphatic rings. The number of hydrogen-bond acceptors (Lipinski definition) is 12. The van der Waals surface area contributed by atoms with E-state index in [0.29, 0.717) is 32.8 Å². The van der Waals surface area contributed by atoms with E-state index in [9.17, 15) is 30.0 Å². The van der Waals surface area contributed by atoms with Crippen LogP contribution in [-0.2, 0) is 17.1 Å². The Bertz CT molecular complexity index is 2070. The van der Waals surface area contributed by atoms with Gasteiger partial charge in [-0.2, -0.15) is 10.2 Å². The molecule has 4 amide bonds. The molecule has 2 aromatic heterocycles. The number of hydrazone groups is 2. The first-order valence-corrected chi connectivity index (χ1v) is 17.1. The maximum absolute atomic E-state index is 12.0. The van der Waals surface area contributed by atoms with Gasteiger partial charge in [0.05, 0.1) is 22.8 Å². The molecule has 0 saturated heterocycles. The average molecular weight is 800 g/mol. The summed E-state index contributed by atoms with van der Waals surface area (Å²) in [7, 11) is 0. The standard InChI is InChI=1S/2C18H16N4O3S.Cu/c2*1-11(14-8-7-13(23)9-16(14)24)21-22-17(25)20-18-19-15(10-26-18)12-5-3-2-4-6-12;/h2*2-10,23-24H,1H3,(H2,19,20,22,25);/b2*21-11+;. The summed E-state index contributed by atoms with van der Waals surface area (Å²) in [6.07, 6.45) is 0. The number of nitrogens with zero attached hydrogens (tertiary/aromatic N) is 4. The number of carbonyl (C=O) groups excluding carboxylic acids is 2. The summed E-state index contributed by atoms with van der Waals surface area (Å²) < 4.78 is 0. The largest absolute Gasteiger partial charge is 0.508 e. The van der Waals surface area contributed by atoms with Gasteiger partial charge in [-0.25, -0.2) is 30.4 Å². The number of urea groups is 2. The normalized spacial score (nSPS) is 11.0. The summed E-state index contributed by atoms with van der Waals surface area (Å²) in [6, 6.07) is 26.5. The molecule has 53 heavy (non-hydrogen) atoms. The Hall–Kier alpha value is -6.26. The number of aromatic nitrogens is 2. The number of aromatic hydroxyl groups is 4. The van der Waals surface area contributed by atoms with Crippen molar-refractivity contribution in [2.75, 3.05) is 10.6 Å². The predicted molar refractivity (Wildman–Crippen MR) is 203 cm³/mol. The van der Waals surface area contributed by atoms with E-state index in [1.165, 1.54) is 59.1 Å². The van der Waals surface area contributed by atoms with E-state index in [-0.39, 0.29) is 40.1 Å². The van der Waals surface area contributed by atoms with E-state index in [1.54, 1.807) is 13.8 Å². The van der Waals surface area contributed by atoms with E-state index in [0.717, 1.165) is 22.5 Å². The maximum Gasteiger partial charge on any atom is 0.341 e. The van der Waals surface area contributed by atoms with Gasteiger partial charge in [0.25, 0.3) is 0 Å². The number of nitrogens with one attached hydrogen (secondary N) is 4. The summed E-state index contributed by atoms with van der Waals surface area (Å²) in [5.74, 6) is -0.354. The van der Waals surface area contributed by atoms with Gasteiger partial charge in [-0.3, -0.25) is 10.6 Å². The molecule has 6 rings (SSSR count). The van der Waals surface area contributed by atoms with Crippen LogP contribution in [0.15, 0.2) is 118 Å². The zero-order valence-corrected chi connectivity index (χ0v) is 30.5. The molecule has 17 heteroatoms. The second-order valence-corrected chi connectivity index (χ2v) is 12.5. The summed E-state index contributed by atoms with van der Waals surface area (Å²) in [4.78, 5) is 32.7. The summed E-state index contributed by atoms with van der Waals surface area (Å²) in [6.45, 7) is 3.26. The smallest absolute Gasteiger partial charge is 0.341 e. The molecule has 0 bridgehead atoms. The number of carbonyl (C=O) groups is 2. The van der Waals surface area contributed by atoms with Crippen LogP contribution in [0.3, 0.4) is 0 Å². The SMILES string of the molecule is C/C(=N\NC(=O)Nc1nc(-c2ccccc2)cs1)c1ccc(O)cc1O.C/C(=N\NC(=O)Nc1nc(-c2ccccc2)cs1)c1ccc(O)cc1O.[Cu]. The zero-order valence-electron chi connectivity index (χ0n) is 27.9. The van der Waals surface area contributed by atoms with Crippen molar-refractivity contribution < 1.29 is 47.1 Å². The van der Waals surface area contributed by atoms with Crippen LogP contribution in [0.4, 0.5) is 19.9 Å². The fourth-order valence-corrected chi connectivity index (χ4v) is 5.87. The van der Waals surface area contributed by atoms with Gasteiger partial charge in [0, 0.05) is 62.2 Å². The summed E-state index contributed by atoms with van der Waals surface area (Å²) >= 11 is 2.62. The minimum Gasteiger partial charge on any atom is -0.508 e. The average Bonchev–Trinajstić information content (AvgIpc) is 3.81. The van der Waals surface area contributed by atoms with Gasteiger partial charge in [0.15, 0.2) is 10.3 Å². The molecule has 0 fully saturated rings. The van der Waals surface area contributed by atoms with Crippen molar-refractivity contribution in [1.29, 1.82) is 0 Å². The number of thiazole rings is 2. The molecule has 0 aliphatic heterocycles. The molecule has 2 heterocycles. The van der Waals surface area contributed by atoms with Crippen molar-refractivity contribution in [2.45, 2.75) is 13.8 Å². The molecule has 14 nitrogen and oxygen atoms in total. The van der Waals surface area contributed by atoms with Crippen LogP contribution in [0, 0.1) is 0 Å². The third-order valence-corrected chi connectivity index (χ3v) is 8.50. The molecule has 4 aromatic carbocycles. The van der Waals surface area contributed by atoms with Crippen molar-refractivity contribution in [3.63, 3.8) is 0 Å². The molecule has 8 N–H and O–H groups in total. The van der Waals surface area contributed by atoms with Crippen LogP contribution in [0.2, 0.25) is 0 Å². The second kappa shape index (κ2) is 18.8. The predicted octanol–water partition coefficient (Wildman–Crippen LogP) is 7.53. The first kappa shape index (κ1) is 39.5. The number of hydrogen-bond donors (Lipinski definition) is 8. The van der Waals surface area contributed by atoms with Gasteiger partial charge in [-0.1, -0.05) is 60.7 Å². The minimum atomic E-state index is -0.545. The van der Waals surface area contributed by atoms with Gasteiger partial charge in [-0.05, 0) is 38.1 Å². The van der Waals surface area contributed by atoms with Crippen molar-refractivity contribution in [2.24, 2.45) is 10.2 Å². The third-order valence-electron chi connectivity index (χ3n) is 6.98. The molecule has 0 aliphatic carbocycles. The summed E-state index contributed by atoms with van der Waals surface area (Å²) in [5.41, 5.74) is 9.78. The van der Waals surface area contributed by atoms with Crippen molar-refractivity contribution in [3.8, 4) is 45.5 Å². The van der Waals surface area contributed by atoms with Gasteiger partial charge >= 0.3 is 12.1 Å².